The Kier molecular flexibility index (Phi) is 4.83. The first kappa shape index (κ1) is 14.5. The number of carbonyl (C=O) groups is 1. The zero-order valence-corrected chi connectivity index (χ0v) is 11.6. The maximum atomic E-state index is 10.8. The first-order valence-electron chi connectivity index (χ1n) is 6.53. The Morgan fingerprint density at radius 1 is 1.00 bits per heavy atom. The summed E-state index contributed by atoms with van der Waals surface area (Å²) < 4.78 is 0. The van der Waals surface area contributed by atoms with Crippen LogP contribution in [-0.2, 0) is 0 Å². The molecule has 1 aromatic heterocycles. The van der Waals surface area contributed by atoms with Gasteiger partial charge in [0.2, 0.25) is 5.91 Å². The summed E-state index contributed by atoms with van der Waals surface area (Å²) in [5.41, 5.74) is 7.46. The largest absolute Gasteiger partial charge is 0.366 e. The van der Waals surface area contributed by atoms with Crippen molar-refractivity contribution in [3.63, 3.8) is 0 Å². The van der Waals surface area contributed by atoms with E-state index in [9.17, 15) is 4.79 Å². The minimum absolute atomic E-state index is 0.416. The summed E-state index contributed by atoms with van der Waals surface area (Å²) in [6.07, 6.45) is 3.42. The van der Waals surface area contributed by atoms with Crippen LogP contribution in [0.2, 0.25) is 0 Å². The SMILES string of the molecule is C=Cc1ccccc1C(N)=O.c1ccc2ncccc2c1. The summed E-state index contributed by atoms with van der Waals surface area (Å²) in [7, 11) is 0. The van der Waals surface area contributed by atoms with Gasteiger partial charge in [0, 0.05) is 17.1 Å². The van der Waals surface area contributed by atoms with Crippen LogP contribution >= 0.6 is 0 Å². The van der Waals surface area contributed by atoms with Gasteiger partial charge in [-0.05, 0) is 23.8 Å². The van der Waals surface area contributed by atoms with Gasteiger partial charge in [0.25, 0.3) is 0 Å². The van der Waals surface area contributed by atoms with Crippen LogP contribution in [0.4, 0.5) is 0 Å². The third-order valence-corrected chi connectivity index (χ3v) is 2.96. The lowest BCUT2D eigenvalue weighted by Crippen LogP contribution is -2.12. The number of fused-ring (bicyclic) bond motifs is 1. The van der Waals surface area contributed by atoms with Crippen LogP contribution in [0.25, 0.3) is 17.0 Å². The lowest BCUT2D eigenvalue weighted by atomic mass is 10.1. The fraction of sp³-hybridized carbons (Fsp3) is 0. The molecule has 2 aromatic carbocycles. The smallest absolute Gasteiger partial charge is 0.249 e. The van der Waals surface area contributed by atoms with Gasteiger partial charge in [-0.1, -0.05) is 55.1 Å². The quantitative estimate of drug-likeness (QED) is 0.776. The summed E-state index contributed by atoms with van der Waals surface area (Å²) in [5, 5.41) is 1.20. The number of nitrogens with two attached hydrogens (primary N) is 1. The molecule has 104 valence electrons. The average molecular weight is 276 g/mol. The van der Waals surface area contributed by atoms with Crippen molar-refractivity contribution in [2.45, 2.75) is 0 Å². The number of primary amides is 1. The topological polar surface area (TPSA) is 56.0 Å². The van der Waals surface area contributed by atoms with E-state index in [-0.39, 0.29) is 0 Å². The minimum atomic E-state index is -0.416. The highest BCUT2D eigenvalue weighted by molar-refractivity contribution is 5.96. The third-order valence-electron chi connectivity index (χ3n) is 2.96. The number of hydrogen-bond donors (Lipinski definition) is 1. The van der Waals surface area contributed by atoms with E-state index in [4.69, 9.17) is 5.73 Å². The second kappa shape index (κ2) is 7.01. The second-order valence-electron chi connectivity index (χ2n) is 4.35. The number of pyridine rings is 1. The maximum absolute atomic E-state index is 10.8. The van der Waals surface area contributed by atoms with Gasteiger partial charge in [-0.15, -0.1) is 0 Å². The summed E-state index contributed by atoms with van der Waals surface area (Å²) >= 11 is 0. The van der Waals surface area contributed by atoms with Gasteiger partial charge in [-0.3, -0.25) is 9.78 Å². The molecular formula is C18H16N2O. The standard InChI is InChI=1S/C9H9NO.C9H7N/c1-2-7-5-3-4-6-8(7)9(10)11;1-2-6-9-8(4-1)5-3-7-10-9/h2-6H,1H2,(H2,10,11);1-7H. The molecule has 0 aliphatic rings. The molecule has 0 bridgehead atoms. The molecule has 0 atom stereocenters. The maximum Gasteiger partial charge on any atom is 0.249 e. The predicted molar refractivity (Wildman–Crippen MR) is 86.8 cm³/mol. The van der Waals surface area contributed by atoms with Crippen molar-refractivity contribution >= 4 is 22.9 Å². The van der Waals surface area contributed by atoms with Crippen LogP contribution in [0.5, 0.6) is 0 Å². The van der Waals surface area contributed by atoms with Crippen LogP contribution in [0.1, 0.15) is 15.9 Å². The summed E-state index contributed by atoms with van der Waals surface area (Å²) in [4.78, 5) is 14.9. The van der Waals surface area contributed by atoms with Crippen molar-refractivity contribution in [1.82, 2.24) is 4.98 Å². The molecule has 0 aliphatic carbocycles. The van der Waals surface area contributed by atoms with Crippen LogP contribution in [0, 0.1) is 0 Å². The number of carbonyl (C=O) groups excluding carboxylic acids is 1. The van der Waals surface area contributed by atoms with E-state index in [1.165, 1.54) is 5.39 Å². The summed E-state index contributed by atoms with van der Waals surface area (Å²) in [6.45, 7) is 3.57. The monoisotopic (exact) mass is 276 g/mol. The molecule has 0 saturated carbocycles. The van der Waals surface area contributed by atoms with Gasteiger partial charge in [-0.25, -0.2) is 0 Å². The minimum Gasteiger partial charge on any atom is -0.366 e. The first-order chi connectivity index (χ1) is 10.2. The molecule has 0 radical (unpaired) electrons. The lowest BCUT2D eigenvalue weighted by Gasteiger charge is -1.98. The zero-order valence-electron chi connectivity index (χ0n) is 11.6. The third kappa shape index (κ3) is 3.76. The van der Waals surface area contributed by atoms with Crippen molar-refractivity contribution in [2.24, 2.45) is 5.73 Å². The first-order valence-corrected chi connectivity index (χ1v) is 6.53. The van der Waals surface area contributed by atoms with Crippen LogP contribution in [0.3, 0.4) is 0 Å². The Labute approximate surface area is 123 Å². The molecule has 1 heterocycles. The van der Waals surface area contributed by atoms with Gasteiger partial charge in [-0.2, -0.15) is 0 Å². The van der Waals surface area contributed by atoms with E-state index < -0.39 is 5.91 Å². The number of benzene rings is 2. The van der Waals surface area contributed by atoms with Crippen molar-refractivity contribution in [1.29, 1.82) is 0 Å². The summed E-state index contributed by atoms with van der Waals surface area (Å²) in [6, 6.07) is 19.2. The Hall–Kier alpha value is -2.94. The van der Waals surface area contributed by atoms with Gasteiger partial charge < -0.3 is 5.73 Å². The van der Waals surface area contributed by atoms with Gasteiger partial charge >= 0.3 is 0 Å². The molecule has 3 aromatic rings. The molecule has 0 saturated heterocycles. The van der Waals surface area contributed by atoms with Crippen LogP contribution in [-0.4, -0.2) is 10.9 Å². The van der Waals surface area contributed by atoms with Gasteiger partial charge in [0.15, 0.2) is 0 Å². The van der Waals surface area contributed by atoms with Gasteiger partial charge in [0.1, 0.15) is 0 Å². The van der Waals surface area contributed by atoms with Crippen molar-refractivity contribution in [3.05, 3.63) is 84.6 Å². The molecule has 3 rings (SSSR count). The highest BCUT2D eigenvalue weighted by Crippen LogP contribution is 2.08. The molecule has 0 spiro atoms. The van der Waals surface area contributed by atoms with Gasteiger partial charge in [0.05, 0.1) is 5.52 Å². The molecule has 1 amide bonds. The fourth-order valence-corrected chi connectivity index (χ4v) is 1.92. The number of rotatable bonds is 2. The molecule has 0 aliphatic heterocycles. The second-order valence-corrected chi connectivity index (χ2v) is 4.35. The normalized spacial score (nSPS) is 9.52. The number of nitrogens with zero attached hydrogens (tertiary/aromatic N) is 1. The highest BCUT2D eigenvalue weighted by Gasteiger charge is 2.02. The highest BCUT2D eigenvalue weighted by atomic mass is 16.1. The Bertz CT molecular complexity index is 700. The molecule has 0 unspecified atom stereocenters. The Balaban J connectivity index is 0.000000154. The number of amides is 1. The molecule has 0 fully saturated rings. The summed E-state index contributed by atoms with van der Waals surface area (Å²) in [5.74, 6) is -0.416. The predicted octanol–water partition coefficient (Wildman–Crippen LogP) is 3.66. The van der Waals surface area contributed by atoms with Crippen LogP contribution in [0.15, 0.2) is 73.4 Å². The Morgan fingerprint density at radius 2 is 1.67 bits per heavy atom. The average Bonchev–Trinajstić information content (AvgIpc) is 2.55. The van der Waals surface area contributed by atoms with E-state index in [1.807, 2.05) is 36.5 Å². The number of para-hydroxylation sites is 1. The van der Waals surface area contributed by atoms with E-state index in [2.05, 4.69) is 23.7 Å². The van der Waals surface area contributed by atoms with E-state index in [0.29, 0.717) is 5.56 Å². The Morgan fingerprint density at radius 3 is 2.33 bits per heavy atom. The fourth-order valence-electron chi connectivity index (χ4n) is 1.92. The van der Waals surface area contributed by atoms with E-state index in [0.717, 1.165) is 11.1 Å². The van der Waals surface area contributed by atoms with E-state index in [1.54, 1.807) is 24.3 Å². The van der Waals surface area contributed by atoms with Crippen molar-refractivity contribution < 1.29 is 4.79 Å². The molecular weight excluding hydrogens is 260 g/mol. The lowest BCUT2D eigenvalue weighted by molar-refractivity contribution is 0.1000. The molecule has 21 heavy (non-hydrogen) atoms. The molecule has 3 heteroatoms. The van der Waals surface area contributed by atoms with Crippen molar-refractivity contribution in [2.75, 3.05) is 0 Å². The van der Waals surface area contributed by atoms with Crippen LogP contribution < -0.4 is 5.73 Å². The van der Waals surface area contributed by atoms with Crippen molar-refractivity contribution in [3.8, 4) is 0 Å². The number of hydrogen-bond acceptors (Lipinski definition) is 2. The molecule has 3 nitrogen and oxygen atoms in total. The number of aromatic nitrogens is 1. The zero-order chi connectivity index (χ0) is 15.1. The molecule has 2 N–H and O–H groups in total. The van der Waals surface area contributed by atoms with E-state index >= 15 is 0 Å².